The molecule has 106 valence electrons. The minimum Gasteiger partial charge on any atom is -0.357 e. The maximum absolute atomic E-state index is 14.0. The van der Waals surface area contributed by atoms with Gasteiger partial charge in [-0.3, -0.25) is 0 Å². The van der Waals surface area contributed by atoms with Crippen molar-refractivity contribution in [3.63, 3.8) is 0 Å². The molecule has 0 saturated carbocycles. The Morgan fingerprint density at radius 3 is 2.76 bits per heavy atom. The summed E-state index contributed by atoms with van der Waals surface area (Å²) in [6, 6.07) is 6.06. The van der Waals surface area contributed by atoms with Crippen molar-refractivity contribution in [2.45, 2.75) is 0 Å². The summed E-state index contributed by atoms with van der Waals surface area (Å²) in [4.78, 5) is 12.6. The molecule has 8 heteroatoms. The van der Waals surface area contributed by atoms with Crippen molar-refractivity contribution >= 4 is 17.5 Å². The summed E-state index contributed by atoms with van der Waals surface area (Å²) < 4.78 is 15.5. The maximum Gasteiger partial charge on any atom is 0.255 e. The summed E-state index contributed by atoms with van der Waals surface area (Å²) in [5, 5.41) is 7.18. The van der Waals surface area contributed by atoms with E-state index in [0.717, 1.165) is 0 Å². The Morgan fingerprint density at radius 1 is 1.24 bits per heavy atom. The van der Waals surface area contributed by atoms with Crippen molar-refractivity contribution in [1.82, 2.24) is 24.7 Å². The molecule has 2 aromatic heterocycles. The molecular weight excluding hydrogens is 295 g/mol. The van der Waals surface area contributed by atoms with Crippen LogP contribution in [0.25, 0.3) is 17.3 Å². The summed E-state index contributed by atoms with van der Waals surface area (Å²) in [5.74, 6) is 0.319. The lowest BCUT2D eigenvalue weighted by molar-refractivity contribution is 0.629. The van der Waals surface area contributed by atoms with Gasteiger partial charge >= 0.3 is 0 Å². The highest BCUT2D eigenvalue weighted by Gasteiger charge is 2.13. The Bertz CT molecular complexity index is 774. The first kappa shape index (κ1) is 13.4. The molecule has 0 aliphatic carbocycles. The first-order chi connectivity index (χ1) is 10.2. The summed E-state index contributed by atoms with van der Waals surface area (Å²) in [7, 11) is 1.67. The van der Waals surface area contributed by atoms with E-state index < -0.39 is 5.82 Å². The van der Waals surface area contributed by atoms with E-state index in [0.29, 0.717) is 16.9 Å². The average molecular weight is 305 g/mol. The zero-order valence-corrected chi connectivity index (χ0v) is 11.7. The SMILES string of the molecule is CNc1nc(-c2ccc(Cl)cc2F)nc(-n2cccn2)n1. The first-order valence-electron chi connectivity index (χ1n) is 6.06. The van der Waals surface area contributed by atoms with E-state index in [1.165, 1.54) is 16.8 Å². The molecule has 3 rings (SSSR count). The van der Waals surface area contributed by atoms with Crippen molar-refractivity contribution in [2.75, 3.05) is 12.4 Å². The van der Waals surface area contributed by atoms with Gasteiger partial charge in [0.25, 0.3) is 5.95 Å². The molecule has 0 unspecified atom stereocenters. The number of halogens is 2. The van der Waals surface area contributed by atoms with E-state index in [1.54, 1.807) is 31.6 Å². The molecular formula is C13H10ClFN6. The van der Waals surface area contributed by atoms with Crippen LogP contribution in [0.2, 0.25) is 5.02 Å². The van der Waals surface area contributed by atoms with Gasteiger partial charge < -0.3 is 5.32 Å². The third-order valence-electron chi connectivity index (χ3n) is 2.73. The molecule has 0 aliphatic rings. The number of anilines is 1. The fourth-order valence-corrected chi connectivity index (χ4v) is 1.92. The smallest absolute Gasteiger partial charge is 0.255 e. The third kappa shape index (κ3) is 2.68. The Hall–Kier alpha value is -2.54. The van der Waals surface area contributed by atoms with E-state index >= 15 is 0 Å². The number of rotatable bonds is 3. The molecule has 1 aromatic carbocycles. The van der Waals surface area contributed by atoms with E-state index in [9.17, 15) is 4.39 Å². The average Bonchev–Trinajstić information content (AvgIpc) is 3.01. The Balaban J connectivity index is 2.16. The highest BCUT2D eigenvalue weighted by atomic mass is 35.5. The fourth-order valence-electron chi connectivity index (χ4n) is 1.76. The van der Waals surface area contributed by atoms with Crippen LogP contribution in [0.3, 0.4) is 0 Å². The molecule has 6 nitrogen and oxygen atoms in total. The standard InChI is InChI=1S/C13H10ClFN6/c1-16-12-18-11(9-4-3-8(14)7-10(9)15)19-13(20-12)21-6-2-5-17-21/h2-7H,1H3,(H,16,18,19,20). The molecule has 2 heterocycles. The topological polar surface area (TPSA) is 68.5 Å². The van der Waals surface area contributed by atoms with E-state index in [4.69, 9.17) is 11.6 Å². The van der Waals surface area contributed by atoms with Crippen LogP contribution in [0.4, 0.5) is 10.3 Å². The summed E-state index contributed by atoms with van der Waals surface area (Å²) in [6.45, 7) is 0. The Morgan fingerprint density at radius 2 is 2.10 bits per heavy atom. The molecule has 0 spiro atoms. The number of hydrogen-bond acceptors (Lipinski definition) is 5. The number of aromatic nitrogens is 5. The van der Waals surface area contributed by atoms with Crippen LogP contribution in [0, 0.1) is 5.82 Å². The van der Waals surface area contributed by atoms with Gasteiger partial charge in [0, 0.05) is 24.5 Å². The predicted octanol–water partition coefficient (Wildman–Crippen LogP) is 2.56. The van der Waals surface area contributed by atoms with Crippen LogP contribution in [0.5, 0.6) is 0 Å². The lowest BCUT2D eigenvalue weighted by Crippen LogP contribution is -2.08. The monoisotopic (exact) mass is 304 g/mol. The second-order valence-corrected chi connectivity index (χ2v) is 4.54. The van der Waals surface area contributed by atoms with Gasteiger partial charge in [-0.1, -0.05) is 11.6 Å². The van der Waals surface area contributed by atoms with Gasteiger partial charge in [-0.2, -0.15) is 20.1 Å². The minimum absolute atomic E-state index is 0.203. The van der Waals surface area contributed by atoms with Crippen molar-refractivity contribution in [3.8, 4) is 17.3 Å². The van der Waals surface area contributed by atoms with Crippen LogP contribution >= 0.6 is 11.6 Å². The lowest BCUT2D eigenvalue weighted by atomic mass is 10.2. The maximum atomic E-state index is 14.0. The number of benzene rings is 1. The molecule has 21 heavy (non-hydrogen) atoms. The highest BCUT2D eigenvalue weighted by molar-refractivity contribution is 6.30. The van der Waals surface area contributed by atoms with Crippen LogP contribution in [0.1, 0.15) is 0 Å². The Labute approximate surface area is 124 Å². The molecule has 0 fully saturated rings. The zero-order chi connectivity index (χ0) is 14.8. The van der Waals surface area contributed by atoms with Crippen molar-refractivity contribution in [2.24, 2.45) is 0 Å². The van der Waals surface area contributed by atoms with Gasteiger partial charge in [-0.15, -0.1) is 0 Å². The Kier molecular flexibility index (Phi) is 3.49. The number of nitrogens with one attached hydrogen (secondary N) is 1. The van der Waals surface area contributed by atoms with Gasteiger partial charge in [-0.05, 0) is 24.3 Å². The quantitative estimate of drug-likeness (QED) is 0.805. The second-order valence-electron chi connectivity index (χ2n) is 4.11. The summed E-state index contributed by atoms with van der Waals surface area (Å²) >= 11 is 5.76. The van der Waals surface area contributed by atoms with Crippen molar-refractivity contribution in [3.05, 3.63) is 47.5 Å². The zero-order valence-electron chi connectivity index (χ0n) is 11.0. The summed E-state index contributed by atoms with van der Waals surface area (Å²) in [5.41, 5.74) is 0.242. The van der Waals surface area contributed by atoms with Crippen LogP contribution < -0.4 is 5.32 Å². The van der Waals surface area contributed by atoms with E-state index in [-0.39, 0.29) is 11.4 Å². The first-order valence-corrected chi connectivity index (χ1v) is 6.44. The molecule has 0 atom stereocenters. The van der Waals surface area contributed by atoms with Crippen molar-refractivity contribution in [1.29, 1.82) is 0 Å². The van der Waals surface area contributed by atoms with Crippen LogP contribution in [-0.2, 0) is 0 Å². The normalized spacial score (nSPS) is 10.6. The van der Waals surface area contributed by atoms with E-state index in [1.807, 2.05) is 0 Å². The fraction of sp³-hybridized carbons (Fsp3) is 0.0769. The van der Waals surface area contributed by atoms with Crippen molar-refractivity contribution < 1.29 is 4.39 Å². The highest BCUT2D eigenvalue weighted by Crippen LogP contribution is 2.23. The number of nitrogens with zero attached hydrogens (tertiary/aromatic N) is 5. The van der Waals surface area contributed by atoms with Gasteiger partial charge in [0.15, 0.2) is 5.82 Å². The summed E-state index contributed by atoms with van der Waals surface area (Å²) in [6.07, 6.45) is 3.29. The molecule has 3 aromatic rings. The second kappa shape index (κ2) is 5.45. The molecule has 0 amide bonds. The van der Waals surface area contributed by atoms with Gasteiger partial charge in [0.05, 0.1) is 5.56 Å². The molecule has 0 bridgehead atoms. The van der Waals surface area contributed by atoms with Gasteiger partial charge in [0.2, 0.25) is 5.95 Å². The molecule has 1 N–H and O–H groups in total. The van der Waals surface area contributed by atoms with Gasteiger partial charge in [0.1, 0.15) is 5.82 Å². The van der Waals surface area contributed by atoms with Crippen LogP contribution in [-0.4, -0.2) is 31.8 Å². The molecule has 0 aliphatic heterocycles. The largest absolute Gasteiger partial charge is 0.357 e. The van der Waals surface area contributed by atoms with E-state index in [2.05, 4.69) is 25.4 Å². The molecule has 0 saturated heterocycles. The van der Waals surface area contributed by atoms with Gasteiger partial charge in [-0.25, -0.2) is 9.07 Å². The number of hydrogen-bond donors (Lipinski definition) is 1. The van der Waals surface area contributed by atoms with Crippen LogP contribution in [0.15, 0.2) is 36.7 Å². The predicted molar refractivity (Wildman–Crippen MR) is 76.9 cm³/mol. The minimum atomic E-state index is -0.498. The third-order valence-corrected chi connectivity index (χ3v) is 2.96. The lowest BCUT2D eigenvalue weighted by Gasteiger charge is -2.07. The molecule has 0 radical (unpaired) electrons.